The first-order valence-electron chi connectivity index (χ1n) is 10.7. The first-order valence-corrected chi connectivity index (χ1v) is 12.6. The number of carbonyl (C=O) groups excluding carboxylic acids is 1. The van der Waals surface area contributed by atoms with Crippen molar-refractivity contribution in [2.45, 2.75) is 44.6 Å². The van der Waals surface area contributed by atoms with Gasteiger partial charge < -0.3 is 9.64 Å². The monoisotopic (exact) mass is 444 g/mol. The van der Waals surface area contributed by atoms with Crippen LogP contribution in [0.4, 0.5) is 5.69 Å². The zero-order valence-corrected chi connectivity index (χ0v) is 19.3. The number of nitrogens with one attached hydrogen (secondary N) is 1. The van der Waals surface area contributed by atoms with Gasteiger partial charge in [0.15, 0.2) is 0 Å². The summed E-state index contributed by atoms with van der Waals surface area (Å²) in [6.45, 7) is 0. The lowest BCUT2D eigenvalue weighted by atomic mass is 9.92. The number of anilines is 1. The van der Waals surface area contributed by atoms with E-state index in [0.717, 1.165) is 24.0 Å². The smallest absolute Gasteiger partial charge is 0.229 e. The number of sulfonamides is 1. The number of para-hydroxylation sites is 1. The summed E-state index contributed by atoms with van der Waals surface area (Å²) in [5.41, 5.74) is 2.17. The molecule has 1 aliphatic carbocycles. The molecule has 3 rings (SSSR count). The zero-order chi connectivity index (χ0) is 22.4. The molecule has 0 spiro atoms. The molecule has 1 aliphatic rings. The van der Waals surface area contributed by atoms with Crippen molar-refractivity contribution in [3.63, 3.8) is 0 Å². The Morgan fingerprint density at radius 3 is 2.55 bits per heavy atom. The van der Waals surface area contributed by atoms with Gasteiger partial charge in [-0.15, -0.1) is 0 Å². The fourth-order valence-electron chi connectivity index (χ4n) is 4.36. The minimum atomic E-state index is -3.43. The van der Waals surface area contributed by atoms with Crippen LogP contribution in [0.2, 0.25) is 0 Å². The third kappa shape index (κ3) is 6.47. The number of benzene rings is 2. The molecule has 0 aliphatic heterocycles. The molecule has 0 saturated heterocycles. The summed E-state index contributed by atoms with van der Waals surface area (Å²) in [5, 5.41) is 0. The first kappa shape index (κ1) is 23.1. The Hall–Kier alpha value is -2.54. The zero-order valence-electron chi connectivity index (χ0n) is 18.5. The number of likely N-dealkylation sites (N-methyl/N-ethyl adjacent to an activating group) is 1. The van der Waals surface area contributed by atoms with Crippen molar-refractivity contribution in [1.29, 1.82) is 0 Å². The Morgan fingerprint density at radius 1 is 1.16 bits per heavy atom. The highest BCUT2D eigenvalue weighted by molar-refractivity contribution is 7.92. The first-order chi connectivity index (χ1) is 14.8. The molecule has 0 bridgehead atoms. The fourth-order valence-corrected chi connectivity index (χ4v) is 4.96. The van der Waals surface area contributed by atoms with Crippen LogP contribution in [-0.2, 0) is 21.2 Å². The third-order valence-electron chi connectivity index (χ3n) is 6.03. The van der Waals surface area contributed by atoms with Gasteiger partial charge in [0.1, 0.15) is 5.75 Å². The summed E-state index contributed by atoms with van der Waals surface area (Å²) in [7, 11) is 0.0585. The average Bonchev–Trinajstić information content (AvgIpc) is 3.25. The summed E-state index contributed by atoms with van der Waals surface area (Å²) in [6.07, 6.45) is 7.04. The minimum absolute atomic E-state index is 0.0476. The second-order valence-electron chi connectivity index (χ2n) is 8.39. The van der Waals surface area contributed by atoms with Crippen LogP contribution in [-0.4, -0.2) is 39.6 Å². The van der Waals surface area contributed by atoms with E-state index >= 15 is 0 Å². The fraction of sp³-hybridized carbons (Fsp3) is 0.458. The van der Waals surface area contributed by atoms with E-state index in [9.17, 15) is 13.2 Å². The van der Waals surface area contributed by atoms with Crippen molar-refractivity contribution in [3.8, 4) is 5.75 Å². The number of methoxy groups -OCH3 is 1. The van der Waals surface area contributed by atoms with E-state index in [1.807, 2.05) is 42.3 Å². The van der Waals surface area contributed by atoms with Crippen molar-refractivity contribution in [1.82, 2.24) is 4.90 Å². The Labute approximate surface area is 185 Å². The number of rotatable bonds is 9. The summed E-state index contributed by atoms with van der Waals surface area (Å²) < 4.78 is 31.3. The number of hydrogen-bond donors (Lipinski definition) is 1. The quantitative estimate of drug-likeness (QED) is 0.622. The van der Waals surface area contributed by atoms with E-state index in [4.69, 9.17) is 4.74 Å². The number of carbonyl (C=O) groups is 1. The molecule has 6 nitrogen and oxygen atoms in total. The van der Waals surface area contributed by atoms with Gasteiger partial charge in [0.2, 0.25) is 15.9 Å². The molecule has 1 amide bonds. The molecule has 1 saturated carbocycles. The standard InChI is InChI=1S/C24H32N2O4S/c1-26(24(27)17-19-11-6-7-14-22(19)25-31(3,28)29)23(15-18-9-4-5-10-18)20-12-8-13-21(16-20)30-2/h6-8,11-14,16,18,23,25H,4-5,9-10,15,17H2,1-3H3. The van der Waals surface area contributed by atoms with Crippen LogP contribution in [0, 0.1) is 5.92 Å². The van der Waals surface area contributed by atoms with Gasteiger partial charge in [0, 0.05) is 7.05 Å². The lowest BCUT2D eigenvalue weighted by molar-refractivity contribution is -0.131. The number of ether oxygens (including phenoxy) is 1. The molecule has 0 heterocycles. The van der Waals surface area contributed by atoms with Crippen molar-refractivity contribution in [2.75, 3.05) is 25.1 Å². The summed E-state index contributed by atoms with van der Waals surface area (Å²) in [4.78, 5) is 15.1. The highest BCUT2D eigenvalue weighted by Gasteiger charge is 2.27. The van der Waals surface area contributed by atoms with Crippen molar-refractivity contribution in [3.05, 3.63) is 59.7 Å². The van der Waals surface area contributed by atoms with E-state index in [0.29, 0.717) is 17.2 Å². The predicted octanol–water partition coefficient (Wildman–Crippen LogP) is 4.39. The molecule has 2 aromatic carbocycles. The van der Waals surface area contributed by atoms with Crippen LogP contribution in [0.15, 0.2) is 48.5 Å². The maximum Gasteiger partial charge on any atom is 0.229 e. The van der Waals surface area contributed by atoms with Crippen LogP contribution in [0.1, 0.15) is 49.3 Å². The highest BCUT2D eigenvalue weighted by Crippen LogP contribution is 2.36. The van der Waals surface area contributed by atoms with Gasteiger partial charge >= 0.3 is 0 Å². The van der Waals surface area contributed by atoms with Crippen LogP contribution < -0.4 is 9.46 Å². The number of hydrogen-bond acceptors (Lipinski definition) is 4. The van der Waals surface area contributed by atoms with E-state index in [2.05, 4.69) is 4.72 Å². The molecule has 31 heavy (non-hydrogen) atoms. The molecular formula is C24H32N2O4S. The lowest BCUT2D eigenvalue weighted by Gasteiger charge is -2.31. The topological polar surface area (TPSA) is 75.7 Å². The number of amides is 1. The minimum Gasteiger partial charge on any atom is -0.497 e. The van der Waals surface area contributed by atoms with E-state index in [1.54, 1.807) is 25.3 Å². The molecule has 1 atom stereocenters. The molecule has 1 N–H and O–H groups in total. The largest absolute Gasteiger partial charge is 0.497 e. The van der Waals surface area contributed by atoms with Crippen LogP contribution in [0.25, 0.3) is 0 Å². The van der Waals surface area contributed by atoms with E-state index < -0.39 is 10.0 Å². The number of nitrogens with zero attached hydrogens (tertiary/aromatic N) is 1. The molecule has 1 fully saturated rings. The Kier molecular flexibility index (Phi) is 7.59. The van der Waals surface area contributed by atoms with Gasteiger partial charge in [-0.05, 0) is 41.7 Å². The highest BCUT2D eigenvalue weighted by atomic mass is 32.2. The van der Waals surface area contributed by atoms with Gasteiger partial charge in [-0.25, -0.2) is 8.42 Å². The second-order valence-corrected chi connectivity index (χ2v) is 10.1. The Bertz CT molecular complexity index is 1000. The van der Waals surface area contributed by atoms with Crippen molar-refractivity contribution in [2.24, 2.45) is 5.92 Å². The SMILES string of the molecule is COc1cccc(C(CC2CCCC2)N(C)C(=O)Cc2ccccc2NS(C)(=O)=O)c1. The Balaban J connectivity index is 1.83. The lowest BCUT2D eigenvalue weighted by Crippen LogP contribution is -2.33. The van der Waals surface area contributed by atoms with Gasteiger partial charge in [-0.1, -0.05) is 56.0 Å². The van der Waals surface area contributed by atoms with Crippen molar-refractivity contribution >= 4 is 21.6 Å². The normalized spacial score (nSPS) is 15.5. The maximum absolute atomic E-state index is 13.3. The van der Waals surface area contributed by atoms with Crippen LogP contribution >= 0.6 is 0 Å². The molecule has 1 unspecified atom stereocenters. The maximum atomic E-state index is 13.3. The molecule has 0 aromatic heterocycles. The molecule has 7 heteroatoms. The summed E-state index contributed by atoms with van der Waals surface area (Å²) in [6, 6.07) is 14.9. The molecular weight excluding hydrogens is 412 g/mol. The van der Waals surface area contributed by atoms with E-state index in [-0.39, 0.29) is 18.4 Å². The predicted molar refractivity (Wildman–Crippen MR) is 124 cm³/mol. The van der Waals surface area contributed by atoms with Crippen molar-refractivity contribution < 1.29 is 17.9 Å². The van der Waals surface area contributed by atoms with Gasteiger partial charge in [-0.3, -0.25) is 9.52 Å². The van der Waals surface area contributed by atoms with Gasteiger partial charge in [0.05, 0.1) is 31.5 Å². The van der Waals surface area contributed by atoms with E-state index in [1.165, 1.54) is 25.7 Å². The summed E-state index contributed by atoms with van der Waals surface area (Å²) in [5.74, 6) is 1.33. The Morgan fingerprint density at radius 2 is 1.87 bits per heavy atom. The van der Waals surface area contributed by atoms with Gasteiger partial charge in [0.25, 0.3) is 0 Å². The molecule has 2 aromatic rings. The molecule has 168 valence electrons. The van der Waals surface area contributed by atoms with Crippen LogP contribution in [0.5, 0.6) is 5.75 Å². The second kappa shape index (κ2) is 10.2. The summed E-state index contributed by atoms with van der Waals surface area (Å²) >= 11 is 0. The average molecular weight is 445 g/mol. The third-order valence-corrected chi connectivity index (χ3v) is 6.62. The van der Waals surface area contributed by atoms with Gasteiger partial charge in [-0.2, -0.15) is 0 Å². The molecule has 0 radical (unpaired) electrons. The van der Waals surface area contributed by atoms with Crippen LogP contribution in [0.3, 0.4) is 0 Å².